The summed E-state index contributed by atoms with van der Waals surface area (Å²) in [7, 11) is -2.66. The van der Waals surface area contributed by atoms with Crippen LogP contribution >= 0.6 is 8.25 Å². The van der Waals surface area contributed by atoms with Crippen molar-refractivity contribution in [2.45, 2.75) is 26.7 Å². The third-order valence-corrected chi connectivity index (χ3v) is 1.88. The average molecular weight is 215 g/mol. The zero-order chi connectivity index (χ0) is 10.7. The molecule has 0 aliphatic heterocycles. The van der Waals surface area contributed by atoms with Crippen LogP contribution in [-0.4, -0.2) is 14.9 Å². The highest BCUT2D eigenvalue weighted by Crippen LogP contribution is 2.22. The van der Waals surface area contributed by atoms with Crippen molar-refractivity contribution in [2.24, 2.45) is 0 Å². The molecule has 0 radical (unpaired) electrons. The third kappa shape index (κ3) is 3.01. The van der Waals surface area contributed by atoms with Gasteiger partial charge in [0, 0.05) is 22.2 Å². The van der Waals surface area contributed by atoms with E-state index < -0.39 is 8.25 Å². The van der Waals surface area contributed by atoms with Crippen LogP contribution < -0.4 is 4.52 Å². The predicted octanol–water partition coefficient (Wildman–Crippen LogP) is 1.94. The van der Waals surface area contributed by atoms with E-state index in [1.54, 1.807) is 6.92 Å². The van der Waals surface area contributed by atoms with Crippen LogP contribution in [0.25, 0.3) is 0 Å². The highest BCUT2D eigenvalue weighted by atomic mass is 31.1. The molecule has 0 aromatic carbocycles. The minimum absolute atomic E-state index is 0.143. The molecule has 1 aromatic rings. The molecule has 6 heteroatoms. The van der Waals surface area contributed by atoms with Crippen molar-refractivity contribution < 1.29 is 14.0 Å². The van der Waals surface area contributed by atoms with Crippen LogP contribution in [0, 0.1) is 6.92 Å². The lowest BCUT2D eigenvalue weighted by Crippen LogP contribution is -2.00. The van der Waals surface area contributed by atoms with Crippen LogP contribution in [0.4, 0.5) is 0 Å². The molecular weight excluding hydrogens is 203 g/mol. The van der Waals surface area contributed by atoms with Crippen LogP contribution in [0.1, 0.15) is 31.3 Å². The van der Waals surface area contributed by atoms with Crippen molar-refractivity contribution in [3.8, 4) is 5.88 Å². The molecule has 1 N–H and O–H groups in total. The fourth-order valence-electron chi connectivity index (χ4n) is 0.947. The number of aryl methyl sites for hydroxylation is 1. The SMILES string of the molecule is Cc1cc(O[P+](=O)O)nc(C(C)C)n1. The van der Waals surface area contributed by atoms with Crippen molar-refractivity contribution in [1.29, 1.82) is 0 Å². The number of hydrogen-bond donors (Lipinski definition) is 1. The van der Waals surface area contributed by atoms with Crippen molar-refractivity contribution in [3.63, 3.8) is 0 Å². The molecule has 14 heavy (non-hydrogen) atoms. The summed E-state index contributed by atoms with van der Waals surface area (Å²) in [5, 5.41) is 0. The second kappa shape index (κ2) is 4.44. The Morgan fingerprint density at radius 3 is 2.64 bits per heavy atom. The zero-order valence-electron chi connectivity index (χ0n) is 8.26. The second-order valence-corrected chi connectivity index (χ2v) is 3.85. The molecule has 1 aromatic heterocycles. The summed E-state index contributed by atoms with van der Waals surface area (Å²) in [5.74, 6) is 0.912. The third-order valence-electron chi connectivity index (χ3n) is 1.54. The molecule has 0 amide bonds. The lowest BCUT2D eigenvalue weighted by atomic mass is 10.2. The van der Waals surface area contributed by atoms with Crippen LogP contribution in [0.15, 0.2) is 6.07 Å². The highest BCUT2D eigenvalue weighted by molar-refractivity contribution is 7.32. The molecule has 76 valence electrons. The molecule has 0 saturated carbocycles. The first-order valence-corrected chi connectivity index (χ1v) is 5.31. The second-order valence-electron chi connectivity index (χ2n) is 3.19. The molecular formula is C8H12N2O3P+. The largest absolute Gasteiger partial charge is 0.749 e. The molecule has 1 unspecified atom stereocenters. The van der Waals surface area contributed by atoms with Gasteiger partial charge in [0.1, 0.15) is 5.82 Å². The van der Waals surface area contributed by atoms with Gasteiger partial charge in [-0.3, -0.25) is 0 Å². The van der Waals surface area contributed by atoms with Gasteiger partial charge in [0.05, 0.1) is 0 Å². The number of hydrogen-bond acceptors (Lipinski definition) is 4. The Morgan fingerprint density at radius 1 is 1.50 bits per heavy atom. The maximum Gasteiger partial charge on any atom is 0.749 e. The molecule has 0 saturated heterocycles. The van der Waals surface area contributed by atoms with Gasteiger partial charge in [-0.25, -0.2) is 9.51 Å². The number of aromatic nitrogens is 2. The first kappa shape index (κ1) is 11.0. The molecule has 1 rings (SSSR count). The van der Waals surface area contributed by atoms with Gasteiger partial charge in [0.2, 0.25) is 0 Å². The molecule has 1 atom stereocenters. The van der Waals surface area contributed by atoms with Crippen molar-refractivity contribution in [1.82, 2.24) is 9.97 Å². The molecule has 0 bridgehead atoms. The van der Waals surface area contributed by atoms with Crippen LogP contribution in [-0.2, 0) is 4.57 Å². The maximum atomic E-state index is 10.4. The molecule has 0 spiro atoms. The van der Waals surface area contributed by atoms with Crippen molar-refractivity contribution in [3.05, 3.63) is 17.6 Å². The maximum absolute atomic E-state index is 10.4. The smallest absolute Gasteiger partial charge is 0.238 e. The first-order valence-electron chi connectivity index (χ1n) is 4.18. The van der Waals surface area contributed by atoms with E-state index in [-0.39, 0.29) is 11.8 Å². The summed E-state index contributed by atoms with van der Waals surface area (Å²) in [5.41, 5.74) is 0.718. The zero-order valence-corrected chi connectivity index (χ0v) is 9.15. The lowest BCUT2D eigenvalue weighted by molar-refractivity contribution is 0.402. The van der Waals surface area contributed by atoms with Gasteiger partial charge in [-0.1, -0.05) is 13.8 Å². The average Bonchev–Trinajstić information content (AvgIpc) is 2.01. The minimum Gasteiger partial charge on any atom is -0.238 e. The molecule has 0 fully saturated rings. The van der Waals surface area contributed by atoms with Gasteiger partial charge in [-0.05, 0) is 6.92 Å². The summed E-state index contributed by atoms with van der Waals surface area (Å²) in [6.45, 7) is 5.67. The highest BCUT2D eigenvalue weighted by Gasteiger charge is 2.17. The van der Waals surface area contributed by atoms with E-state index in [1.807, 2.05) is 13.8 Å². The Kier molecular flexibility index (Phi) is 3.49. The van der Waals surface area contributed by atoms with Crippen molar-refractivity contribution >= 4 is 8.25 Å². The van der Waals surface area contributed by atoms with E-state index in [4.69, 9.17) is 4.89 Å². The Labute approximate surface area is 83.1 Å². The summed E-state index contributed by atoms with van der Waals surface area (Å²) in [6.07, 6.45) is 0. The van der Waals surface area contributed by atoms with Crippen LogP contribution in [0.2, 0.25) is 0 Å². The number of nitrogens with zero attached hydrogens (tertiary/aromatic N) is 2. The van der Waals surface area contributed by atoms with Gasteiger partial charge >= 0.3 is 8.25 Å². The van der Waals surface area contributed by atoms with E-state index in [9.17, 15) is 4.57 Å². The van der Waals surface area contributed by atoms with E-state index in [2.05, 4.69) is 14.5 Å². The topological polar surface area (TPSA) is 72.3 Å². The summed E-state index contributed by atoms with van der Waals surface area (Å²) < 4.78 is 15.0. The monoisotopic (exact) mass is 215 g/mol. The van der Waals surface area contributed by atoms with E-state index in [1.165, 1.54) is 6.07 Å². The van der Waals surface area contributed by atoms with E-state index in [0.29, 0.717) is 5.82 Å². The number of rotatable bonds is 3. The molecule has 1 heterocycles. The Morgan fingerprint density at radius 2 is 2.14 bits per heavy atom. The Balaban J connectivity index is 3.01. The Bertz CT molecular complexity index is 354. The normalized spacial score (nSPS) is 11.6. The quantitative estimate of drug-likeness (QED) is 0.780. The Hall–Kier alpha value is -1.06. The van der Waals surface area contributed by atoms with Gasteiger partial charge in [0.25, 0.3) is 5.88 Å². The van der Waals surface area contributed by atoms with Crippen molar-refractivity contribution in [2.75, 3.05) is 0 Å². The van der Waals surface area contributed by atoms with Gasteiger partial charge in [-0.2, -0.15) is 4.98 Å². The first-order chi connectivity index (χ1) is 6.49. The standard InChI is InChI=1S/C8H11N2O3P/c1-5(2)8-9-6(3)4-7(10-8)13-14(11)12/h4-5H,1-3H3/p+1. The van der Waals surface area contributed by atoms with E-state index in [0.717, 1.165) is 5.69 Å². The summed E-state index contributed by atoms with van der Waals surface area (Å²) in [4.78, 5) is 16.7. The van der Waals surface area contributed by atoms with E-state index >= 15 is 0 Å². The fraction of sp³-hybridized carbons (Fsp3) is 0.500. The predicted molar refractivity (Wildman–Crippen MR) is 51.3 cm³/mol. The van der Waals surface area contributed by atoms with Crippen LogP contribution in [0.3, 0.4) is 0 Å². The summed E-state index contributed by atoms with van der Waals surface area (Å²) >= 11 is 0. The molecule has 0 aliphatic rings. The lowest BCUT2D eigenvalue weighted by Gasteiger charge is -2.03. The van der Waals surface area contributed by atoms with Crippen LogP contribution in [0.5, 0.6) is 5.88 Å². The molecule has 5 nitrogen and oxygen atoms in total. The van der Waals surface area contributed by atoms with Gasteiger partial charge < -0.3 is 0 Å². The minimum atomic E-state index is -2.66. The fourth-order valence-corrected chi connectivity index (χ4v) is 1.20. The van der Waals surface area contributed by atoms with Gasteiger partial charge in [0.15, 0.2) is 0 Å². The van der Waals surface area contributed by atoms with Gasteiger partial charge in [-0.15, -0.1) is 4.89 Å². The summed E-state index contributed by atoms with van der Waals surface area (Å²) in [6, 6.07) is 1.52. The molecule has 0 aliphatic carbocycles.